The number of carbonyl (C=O) groups is 2. The monoisotopic (exact) mass is 243 g/mol. The Bertz CT molecular complexity index is 558. The van der Waals surface area contributed by atoms with Crippen LogP contribution in [0.25, 0.3) is 11.1 Å². The minimum Gasteiger partial charge on any atom is -0.462 e. The molecule has 0 aliphatic carbocycles. The molecule has 92 valence electrons. The zero-order valence-corrected chi connectivity index (χ0v) is 9.97. The minimum absolute atomic E-state index is 0.300. The third kappa shape index (κ3) is 2.18. The molecule has 4 nitrogen and oxygen atoms in total. The van der Waals surface area contributed by atoms with Crippen LogP contribution in [0.3, 0.4) is 0 Å². The third-order valence-electron chi connectivity index (χ3n) is 2.59. The lowest BCUT2D eigenvalue weighted by Crippen LogP contribution is -2.05. The van der Waals surface area contributed by atoms with Crippen LogP contribution in [0.15, 0.2) is 36.5 Å². The number of esters is 1. The molecule has 0 spiro atoms. The molecule has 0 fully saturated rings. The van der Waals surface area contributed by atoms with Gasteiger partial charge in [0, 0.05) is 11.8 Å². The van der Waals surface area contributed by atoms with E-state index >= 15 is 0 Å². The molecule has 2 rings (SSSR count). The number of rotatable bonds is 4. The lowest BCUT2D eigenvalue weighted by Gasteiger charge is -2.04. The Kier molecular flexibility index (Phi) is 3.57. The number of benzene rings is 1. The fourth-order valence-electron chi connectivity index (χ4n) is 1.82. The van der Waals surface area contributed by atoms with Crippen LogP contribution in [0, 0.1) is 0 Å². The van der Waals surface area contributed by atoms with Crippen molar-refractivity contribution in [1.29, 1.82) is 0 Å². The number of aromatic nitrogens is 1. The molecule has 1 aromatic carbocycles. The zero-order chi connectivity index (χ0) is 13.0. The van der Waals surface area contributed by atoms with Crippen molar-refractivity contribution in [2.24, 2.45) is 0 Å². The molecule has 18 heavy (non-hydrogen) atoms. The Labute approximate surface area is 105 Å². The highest BCUT2D eigenvalue weighted by molar-refractivity contribution is 6.02. The Morgan fingerprint density at radius 1 is 1.33 bits per heavy atom. The van der Waals surface area contributed by atoms with Crippen molar-refractivity contribution in [1.82, 2.24) is 4.98 Å². The molecule has 0 aliphatic rings. The van der Waals surface area contributed by atoms with Gasteiger partial charge in [0.1, 0.15) is 0 Å². The molecule has 0 unspecified atom stereocenters. The van der Waals surface area contributed by atoms with Crippen LogP contribution in [0.4, 0.5) is 0 Å². The highest BCUT2D eigenvalue weighted by atomic mass is 16.5. The lowest BCUT2D eigenvalue weighted by atomic mass is 10.0. The van der Waals surface area contributed by atoms with E-state index in [1.165, 1.54) is 6.20 Å². The minimum atomic E-state index is -0.430. The molecule has 4 heteroatoms. The van der Waals surface area contributed by atoms with Gasteiger partial charge in [-0.1, -0.05) is 30.3 Å². The summed E-state index contributed by atoms with van der Waals surface area (Å²) < 4.78 is 4.97. The SMILES string of the molecule is CCOC(=O)c1c[nH]c(C=O)c1-c1ccccc1. The van der Waals surface area contributed by atoms with Crippen molar-refractivity contribution in [3.8, 4) is 11.1 Å². The first-order chi connectivity index (χ1) is 8.77. The number of aromatic amines is 1. The second-order valence-electron chi connectivity index (χ2n) is 3.70. The van der Waals surface area contributed by atoms with E-state index in [9.17, 15) is 9.59 Å². The molecule has 0 saturated carbocycles. The normalized spacial score (nSPS) is 10.1. The van der Waals surface area contributed by atoms with Gasteiger partial charge in [0.05, 0.1) is 17.9 Å². The second-order valence-corrected chi connectivity index (χ2v) is 3.70. The maximum Gasteiger partial charge on any atom is 0.340 e. The van der Waals surface area contributed by atoms with Gasteiger partial charge in [-0.15, -0.1) is 0 Å². The molecule has 0 saturated heterocycles. The van der Waals surface area contributed by atoms with Crippen molar-refractivity contribution >= 4 is 12.3 Å². The first kappa shape index (κ1) is 12.1. The Morgan fingerprint density at radius 3 is 2.67 bits per heavy atom. The number of carbonyl (C=O) groups excluding carboxylic acids is 2. The van der Waals surface area contributed by atoms with Gasteiger partial charge in [-0.3, -0.25) is 4.79 Å². The van der Waals surface area contributed by atoms with Crippen LogP contribution in [0.2, 0.25) is 0 Å². The molecule has 0 bridgehead atoms. The van der Waals surface area contributed by atoms with E-state index in [0.29, 0.717) is 29.7 Å². The predicted molar refractivity (Wildman–Crippen MR) is 67.6 cm³/mol. The summed E-state index contributed by atoms with van der Waals surface area (Å²) in [6, 6.07) is 9.27. The average molecular weight is 243 g/mol. The van der Waals surface area contributed by atoms with Crippen LogP contribution < -0.4 is 0 Å². The molecular formula is C14H13NO3. The lowest BCUT2D eigenvalue weighted by molar-refractivity contribution is 0.0527. The fourth-order valence-corrected chi connectivity index (χ4v) is 1.82. The molecule has 1 heterocycles. The van der Waals surface area contributed by atoms with Gasteiger partial charge in [0.2, 0.25) is 0 Å². The Hall–Kier alpha value is -2.36. The van der Waals surface area contributed by atoms with Crippen molar-refractivity contribution in [2.45, 2.75) is 6.92 Å². The van der Waals surface area contributed by atoms with E-state index < -0.39 is 5.97 Å². The van der Waals surface area contributed by atoms with Crippen molar-refractivity contribution in [3.05, 3.63) is 47.8 Å². The van der Waals surface area contributed by atoms with E-state index in [1.54, 1.807) is 6.92 Å². The molecule has 0 radical (unpaired) electrons. The summed E-state index contributed by atoms with van der Waals surface area (Å²) in [4.78, 5) is 25.6. The summed E-state index contributed by atoms with van der Waals surface area (Å²) in [7, 11) is 0. The molecular weight excluding hydrogens is 230 g/mol. The summed E-state index contributed by atoms with van der Waals surface area (Å²) >= 11 is 0. The molecule has 1 aromatic heterocycles. The van der Waals surface area contributed by atoms with Crippen molar-refractivity contribution in [2.75, 3.05) is 6.61 Å². The zero-order valence-electron chi connectivity index (χ0n) is 9.97. The molecule has 0 amide bonds. The van der Waals surface area contributed by atoms with E-state index in [-0.39, 0.29) is 0 Å². The standard InChI is InChI=1S/C14H13NO3/c1-2-18-14(17)11-8-15-12(9-16)13(11)10-6-4-3-5-7-10/h3-9,15H,2H2,1H3. The smallest absolute Gasteiger partial charge is 0.340 e. The van der Waals surface area contributed by atoms with Crippen LogP contribution in [-0.2, 0) is 4.74 Å². The first-order valence-electron chi connectivity index (χ1n) is 5.67. The van der Waals surface area contributed by atoms with Gasteiger partial charge in [0.25, 0.3) is 0 Å². The fraction of sp³-hybridized carbons (Fsp3) is 0.143. The van der Waals surface area contributed by atoms with E-state index in [1.807, 2.05) is 30.3 Å². The maximum atomic E-state index is 11.8. The highest BCUT2D eigenvalue weighted by Crippen LogP contribution is 2.27. The largest absolute Gasteiger partial charge is 0.462 e. The van der Waals surface area contributed by atoms with E-state index in [0.717, 1.165) is 5.56 Å². The van der Waals surface area contributed by atoms with Gasteiger partial charge in [-0.05, 0) is 12.5 Å². The van der Waals surface area contributed by atoms with Gasteiger partial charge in [-0.25, -0.2) is 4.79 Å². The second kappa shape index (κ2) is 5.31. The predicted octanol–water partition coefficient (Wildman–Crippen LogP) is 2.67. The maximum absolute atomic E-state index is 11.8. The Morgan fingerprint density at radius 2 is 2.06 bits per heavy atom. The van der Waals surface area contributed by atoms with E-state index in [2.05, 4.69) is 4.98 Å². The van der Waals surface area contributed by atoms with Gasteiger partial charge >= 0.3 is 5.97 Å². The van der Waals surface area contributed by atoms with Crippen molar-refractivity contribution in [3.63, 3.8) is 0 Å². The quantitative estimate of drug-likeness (QED) is 0.663. The van der Waals surface area contributed by atoms with Crippen LogP contribution in [-0.4, -0.2) is 23.8 Å². The summed E-state index contributed by atoms with van der Waals surface area (Å²) in [5.41, 5.74) is 2.15. The Balaban J connectivity index is 2.53. The van der Waals surface area contributed by atoms with Crippen LogP contribution >= 0.6 is 0 Å². The molecule has 2 aromatic rings. The first-order valence-corrected chi connectivity index (χ1v) is 5.67. The number of ether oxygens (including phenoxy) is 1. The summed E-state index contributed by atoms with van der Waals surface area (Å²) in [5, 5.41) is 0. The highest BCUT2D eigenvalue weighted by Gasteiger charge is 2.19. The number of H-pyrrole nitrogens is 1. The summed E-state index contributed by atoms with van der Waals surface area (Å²) in [6.07, 6.45) is 2.20. The molecule has 1 N–H and O–H groups in total. The van der Waals surface area contributed by atoms with Gasteiger partial charge < -0.3 is 9.72 Å². The van der Waals surface area contributed by atoms with Gasteiger partial charge in [-0.2, -0.15) is 0 Å². The number of aldehydes is 1. The number of hydrogen-bond donors (Lipinski definition) is 1. The topological polar surface area (TPSA) is 59.2 Å². The third-order valence-corrected chi connectivity index (χ3v) is 2.59. The average Bonchev–Trinajstić information content (AvgIpc) is 2.83. The van der Waals surface area contributed by atoms with Crippen LogP contribution in [0.5, 0.6) is 0 Å². The van der Waals surface area contributed by atoms with Crippen LogP contribution in [0.1, 0.15) is 27.8 Å². The van der Waals surface area contributed by atoms with Gasteiger partial charge in [0.15, 0.2) is 6.29 Å². The molecule has 0 atom stereocenters. The van der Waals surface area contributed by atoms with E-state index in [4.69, 9.17) is 4.74 Å². The number of hydrogen-bond acceptors (Lipinski definition) is 3. The number of nitrogens with one attached hydrogen (secondary N) is 1. The van der Waals surface area contributed by atoms with Crippen molar-refractivity contribution < 1.29 is 14.3 Å². The summed E-state index contributed by atoms with van der Waals surface area (Å²) in [6.45, 7) is 2.04. The summed E-state index contributed by atoms with van der Waals surface area (Å²) in [5.74, 6) is -0.430. The molecule has 0 aliphatic heterocycles.